The summed E-state index contributed by atoms with van der Waals surface area (Å²) in [6.07, 6.45) is 0. The van der Waals surface area contributed by atoms with E-state index in [1.165, 1.54) is 63.2 Å². The molecule has 5 heteroatoms. The fourth-order valence-corrected chi connectivity index (χ4v) is 0. The zero-order chi connectivity index (χ0) is 4.00. The zero-order valence-electron chi connectivity index (χ0n) is 6.71. The van der Waals surface area contributed by atoms with Crippen molar-refractivity contribution in [2.24, 2.45) is 0 Å². The summed E-state index contributed by atoms with van der Waals surface area (Å²) in [6.45, 7) is 0. The van der Waals surface area contributed by atoms with E-state index in [2.05, 4.69) is 7.40 Å². The first-order chi connectivity index (χ1) is 2.00. The third-order valence-electron chi connectivity index (χ3n) is 0. The maximum absolute atomic E-state index is 5.50. The third kappa shape index (κ3) is 311. The molecule has 0 nitrogen and oxygen atoms in total. The second-order valence-corrected chi connectivity index (χ2v) is 0. The van der Waals surface area contributed by atoms with E-state index in [9.17, 15) is 0 Å². The summed E-state index contributed by atoms with van der Waals surface area (Å²) >= 11 is 2.50. The van der Waals surface area contributed by atoms with Gasteiger partial charge in [-0.3, -0.25) is 0 Å². The van der Waals surface area contributed by atoms with Gasteiger partial charge in [-0.15, -0.1) is 0 Å². The van der Waals surface area contributed by atoms with Crippen LogP contribution in [0.25, 0.3) is 0 Å². The van der Waals surface area contributed by atoms with Gasteiger partial charge in [-0.1, -0.05) is 119 Å². The normalized spacial score (nSPS) is 0.682. The topological polar surface area (TPSA) is 0 Å². The molecule has 22 heavy (non-hydrogen) atoms. The van der Waals surface area contributed by atoms with E-state index in [1.807, 2.05) is 0 Å². The Kier molecular flexibility index (Phi) is 3900. The van der Waals surface area contributed by atoms with E-state index in [4.69, 9.17) is 1.37 Å². The average Bonchev–Trinajstić information content (AvgIpc) is 1.50. The Hall–Kier alpha value is 8.18. The molecule has 0 N–H and O–H groups in total. The molecule has 0 saturated heterocycles. The zero-order valence-corrected chi connectivity index (χ0v) is 21.3. The first kappa shape index (κ1) is 248. The minimum absolute atomic E-state index is 0. The summed E-state index contributed by atoms with van der Waals surface area (Å²) in [7, 11) is 2.50. The van der Waals surface area contributed by atoms with Crippen molar-refractivity contribution in [2.45, 2.75) is 119 Å². The number of hydrogen-bond acceptors (Lipinski definition) is 0. The maximum atomic E-state index is 5.50. The summed E-state index contributed by atoms with van der Waals surface area (Å²) in [5, 5.41) is 0. The van der Waals surface area contributed by atoms with Crippen LogP contribution in [0.3, 0.4) is 0 Å². The molecular weight excluding hydrogens is 400 g/mol. The second-order valence-electron chi connectivity index (χ2n) is 0. The monoisotopic (exact) mass is 467 g/mol. The molecule has 0 bridgehead atoms. The standard InChI is InChI=1S/16CH4.CH3.5K/h16*1H4;1H3;;;;;/q;;;;;;;;;;;;;;;;-1;;;3*+1/i;;;;;;;;;;;;;;;;1D;;;;;. The molecule has 0 heterocycles. The fourth-order valence-electron chi connectivity index (χ4n) is 0. The van der Waals surface area contributed by atoms with Crippen molar-refractivity contribution in [3.05, 3.63) is 7.40 Å². The molecular formula is C17H67K5+2. The molecule has 0 fully saturated rings. The molecule has 0 unspecified atom stereocenters. The van der Waals surface area contributed by atoms with Gasteiger partial charge >= 0.3 is 217 Å². The molecule has 138 valence electrons. The van der Waals surface area contributed by atoms with Crippen LogP contribution in [0.2, 0.25) is 0 Å². The van der Waals surface area contributed by atoms with Crippen molar-refractivity contribution in [2.75, 3.05) is 0 Å². The molecule has 0 radical (unpaired) electrons. The van der Waals surface area contributed by atoms with E-state index < -0.39 is 0 Å². The summed E-state index contributed by atoms with van der Waals surface area (Å²) < 4.78 is 5.50. The molecule has 0 aromatic heterocycles. The van der Waals surface area contributed by atoms with Crippen molar-refractivity contribution in [1.82, 2.24) is 0 Å². The van der Waals surface area contributed by atoms with E-state index in [-0.39, 0.29) is 273 Å². The Morgan fingerprint density at radius 3 is 0.318 bits per heavy atom. The van der Waals surface area contributed by atoms with E-state index >= 15 is 0 Å². The SMILES string of the molecule is C.C.C.C.C.C.C.C.C.C.C.C.C.C.C.C.[2H][CH2-].[K+].[K+].[K+].[K][K]. The van der Waals surface area contributed by atoms with Crippen molar-refractivity contribution in [3.63, 3.8) is 0 Å². The molecule has 0 spiro atoms. The Labute approximate surface area is 333 Å². The first-order valence-corrected chi connectivity index (χ1v) is 17.0. The predicted octanol–water partition coefficient (Wildman–Crippen LogP) is 0.878. The summed E-state index contributed by atoms with van der Waals surface area (Å²) in [5.74, 6) is 0. The van der Waals surface area contributed by atoms with Crippen LogP contribution in [0.5, 0.6) is 0 Å². The third-order valence-corrected chi connectivity index (χ3v) is 0. The summed E-state index contributed by atoms with van der Waals surface area (Å²) in [5.41, 5.74) is 0. The average molecular weight is 468 g/mol. The van der Waals surface area contributed by atoms with Crippen molar-refractivity contribution in [1.29, 1.82) is 0 Å². The van der Waals surface area contributed by atoms with Crippen LogP contribution in [0.15, 0.2) is 0 Å². The van der Waals surface area contributed by atoms with Gasteiger partial charge in [0.25, 0.3) is 0 Å². The molecule has 0 aromatic carbocycles. The Morgan fingerprint density at radius 1 is 0.318 bits per heavy atom. The van der Waals surface area contributed by atoms with E-state index in [1.54, 1.807) is 0 Å². The molecule has 0 rings (SSSR count). The van der Waals surface area contributed by atoms with Gasteiger partial charge in [-0.05, 0) is 0 Å². The predicted molar refractivity (Wildman–Crippen MR) is 126 cm³/mol. The summed E-state index contributed by atoms with van der Waals surface area (Å²) in [6, 6.07) is 0. The molecule has 0 atom stereocenters. The van der Waals surface area contributed by atoms with Gasteiger partial charge in [0.1, 0.15) is 0 Å². The molecule has 0 aliphatic carbocycles. The van der Waals surface area contributed by atoms with Crippen LogP contribution in [0.4, 0.5) is 0 Å². The van der Waals surface area contributed by atoms with Crippen LogP contribution in [-0.2, 0) is 0 Å². The van der Waals surface area contributed by atoms with Gasteiger partial charge in [0.05, 0.1) is 0 Å². The van der Waals surface area contributed by atoms with Crippen LogP contribution in [0.1, 0.15) is 120 Å². The molecule has 0 saturated carbocycles. The van der Waals surface area contributed by atoms with Gasteiger partial charge in [-0.2, -0.15) is 0 Å². The molecule has 0 aliphatic heterocycles. The van der Waals surface area contributed by atoms with Gasteiger partial charge < -0.3 is 7.40 Å². The number of hydrogen-bond donors (Lipinski definition) is 0. The van der Waals surface area contributed by atoms with Gasteiger partial charge in [0.15, 0.2) is 0 Å². The van der Waals surface area contributed by atoms with Crippen molar-refractivity contribution in [3.8, 4) is 0 Å². The first-order valence-electron chi connectivity index (χ1n) is 1.71. The van der Waals surface area contributed by atoms with Crippen LogP contribution < -0.4 is 154 Å². The summed E-state index contributed by atoms with van der Waals surface area (Å²) in [4.78, 5) is 0. The van der Waals surface area contributed by atoms with Crippen molar-refractivity contribution < 1.29 is 156 Å². The van der Waals surface area contributed by atoms with Crippen LogP contribution >= 0.6 is 0 Å². The van der Waals surface area contributed by atoms with Gasteiger partial charge in [0, 0.05) is 0 Å². The second kappa shape index (κ2) is 346. The fraction of sp³-hybridized carbons (Fsp3) is 0.941. The van der Waals surface area contributed by atoms with Gasteiger partial charge in [0.2, 0.25) is 0 Å². The van der Waals surface area contributed by atoms with Crippen LogP contribution in [0, 0.1) is 7.40 Å². The van der Waals surface area contributed by atoms with Crippen LogP contribution in [-0.4, -0.2) is 63.2 Å². The molecule has 0 aromatic rings. The van der Waals surface area contributed by atoms with Crippen molar-refractivity contribution >= 4 is 63.2 Å². The quantitative estimate of drug-likeness (QED) is 0.366. The van der Waals surface area contributed by atoms with Gasteiger partial charge in [-0.25, -0.2) is 1.37 Å². The number of rotatable bonds is 0. The Bertz CT molecular complexity index is 22.9. The molecule has 0 aliphatic rings. The van der Waals surface area contributed by atoms with E-state index in [0.29, 0.717) is 0 Å². The van der Waals surface area contributed by atoms with E-state index in [0.717, 1.165) is 0 Å². The Balaban J connectivity index is -0.000000000100. The minimum atomic E-state index is 0. The Morgan fingerprint density at radius 2 is 0.318 bits per heavy atom. The molecule has 0 amide bonds.